The van der Waals surface area contributed by atoms with E-state index in [0.717, 1.165) is 35.4 Å². The van der Waals surface area contributed by atoms with Gasteiger partial charge in [-0.2, -0.15) is 13.2 Å². The lowest BCUT2D eigenvalue weighted by Crippen LogP contribution is -2.34. The highest BCUT2D eigenvalue weighted by Crippen LogP contribution is 2.36. The number of nitrogens with zero attached hydrogens (tertiary/aromatic N) is 4. The lowest BCUT2D eigenvalue weighted by atomic mass is 10.0. The first kappa shape index (κ1) is 29.8. The largest absolute Gasteiger partial charge is 0.439 e. The summed E-state index contributed by atoms with van der Waals surface area (Å²) in [5, 5.41) is 5.79. The highest BCUT2D eigenvalue weighted by molar-refractivity contribution is 7.19. The molecular weight excluding hydrogens is 605 g/mol. The number of thiazole rings is 1. The Morgan fingerprint density at radius 3 is 2.40 bits per heavy atom. The van der Waals surface area contributed by atoms with Crippen LogP contribution in [-0.2, 0) is 11.0 Å². The molecule has 13 heteroatoms. The average Bonchev–Trinajstić information content (AvgIpc) is 3.53. The molecule has 0 radical (unpaired) electrons. The van der Waals surface area contributed by atoms with Crippen molar-refractivity contribution in [2.75, 3.05) is 22.1 Å². The van der Waals surface area contributed by atoms with E-state index in [1.165, 1.54) is 36.0 Å². The van der Waals surface area contributed by atoms with Crippen LogP contribution in [0.3, 0.4) is 0 Å². The third-order valence-corrected chi connectivity index (χ3v) is 8.06. The Kier molecular flexibility index (Phi) is 8.43. The molecule has 45 heavy (non-hydrogen) atoms. The third-order valence-electron chi connectivity index (χ3n) is 6.99. The summed E-state index contributed by atoms with van der Waals surface area (Å²) in [6.45, 7) is 0.688. The van der Waals surface area contributed by atoms with Gasteiger partial charge >= 0.3 is 12.2 Å². The summed E-state index contributed by atoms with van der Waals surface area (Å²) in [5.74, 6) is 0.912. The molecule has 1 fully saturated rings. The molecule has 3 aromatic heterocycles. The first-order valence-electron chi connectivity index (χ1n) is 13.9. The molecular formula is C32H25F3N6O3S. The molecule has 0 spiro atoms. The number of benzene rings is 2. The molecule has 2 aromatic carbocycles. The molecule has 3 amide bonds. The van der Waals surface area contributed by atoms with E-state index >= 15 is 0 Å². The summed E-state index contributed by atoms with van der Waals surface area (Å²) in [7, 11) is 0. The van der Waals surface area contributed by atoms with Gasteiger partial charge in [-0.05, 0) is 78.6 Å². The number of piperidine rings is 1. The molecule has 6 rings (SSSR count). The molecule has 0 atom stereocenters. The van der Waals surface area contributed by atoms with Crippen LogP contribution in [0.5, 0.6) is 11.6 Å². The molecule has 2 N–H and O–H groups in total. The molecule has 0 saturated carbocycles. The summed E-state index contributed by atoms with van der Waals surface area (Å²) < 4.78 is 46.0. The second-order valence-corrected chi connectivity index (χ2v) is 11.1. The van der Waals surface area contributed by atoms with Crippen LogP contribution >= 0.6 is 11.3 Å². The highest BCUT2D eigenvalue weighted by Gasteiger charge is 2.31. The van der Waals surface area contributed by atoms with Gasteiger partial charge in [0, 0.05) is 43.2 Å². The maximum Gasteiger partial charge on any atom is 0.416 e. The van der Waals surface area contributed by atoms with E-state index in [4.69, 9.17) is 4.74 Å². The molecule has 5 aromatic rings. The van der Waals surface area contributed by atoms with Crippen LogP contribution in [0.4, 0.5) is 34.5 Å². The number of rotatable bonds is 7. The number of aromatic nitrogens is 3. The van der Waals surface area contributed by atoms with Crippen LogP contribution in [0.1, 0.15) is 24.8 Å². The highest BCUT2D eigenvalue weighted by atomic mass is 32.1. The minimum Gasteiger partial charge on any atom is -0.439 e. The maximum atomic E-state index is 13.4. The van der Waals surface area contributed by atoms with Crippen molar-refractivity contribution in [1.82, 2.24) is 15.0 Å². The third kappa shape index (κ3) is 7.10. The number of alkyl halides is 3. The number of amides is 3. The number of carbonyl (C=O) groups is 2. The number of carbonyl (C=O) groups excluding carboxylic acids is 2. The first-order chi connectivity index (χ1) is 21.7. The molecule has 9 nitrogen and oxygen atoms in total. The summed E-state index contributed by atoms with van der Waals surface area (Å²) >= 11 is 1.46. The van der Waals surface area contributed by atoms with E-state index in [2.05, 4.69) is 25.6 Å². The molecule has 0 unspecified atom stereocenters. The van der Waals surface area contributed by atoms with Crippen LogP contribution in [0.25, 0.3) is 21.6 Å². The van der Waals surface area contributed by atoms with Crippen LogP contribution < -0.4 is 20.3 Å². The monoisotopic (exact) mass is 630 g/mol. The van der Waals surface area contributed by atoms with E-state index in [1.807, 2.05) is 12.1 Å². The Morgan fingerprint density at radius 1 is 0.889 bits per heavy atom. The fourth-order valence-corrected chi connectivity index (χ4v) is 5.71. The molecule has 0 bridgehead atoms. The number of pyridine rings is 2. The topological polar surface area (TPSA) is 109 Å². The predicted octanol–water partition coefficient (Wildman–Crippen LogP) is 8.24. The molecule has 4 heterocycles. The van der Waals surface area contributed by atoms with Gasteiger partial charge in [-0.3, -0.25) is 14.7 Å². The van der Waals surface area contributed by atoms with Crippen molar-refractivity contribution >= 4 is 39.8 Å². The van der Waals surface area contributed by atoms with Gasteiger partial charge in [0.25, 0.3) is 0 Å². The Balaban J connectivity index is 1.08. The standard InChI is InChI=1S/C32H25F3N6O3S/c33-32(34,35)22-6-10-25(20-12-14-36-15-13-20)26(17-22)40-30(43)39-23-7-11-28(37-18-23)44-24-8-4-21(5-9-24)27-19-38-31(45-27)41-16-2-1-3-29(41)42/h4-15,17-19H,1-3,16H2,(H2,39,40,43). The van der Waals surface area contributed by atoms with Crippen LogP contribution in [-0.4, -0.2) is 33.4 Å². The van der Waals surface area contributed by atoms with Crippen LogP contribution in [0.2, 0.25) is 0 Å². The normalized spacial score (nSPS) is 13.4. The first-order valence-corrected chi connectivity index (χ1v) is 14.7. The minimum absolute atomic E-state index is 0.0144. The second kappa shape index (κ2) is 12.7. The summed E-state index contributed by atoms with van der Waals surface area (Å²) in [6.07, 6.45) is 4.01. The number of urea groups is 1. The number of anilines is 3. The van der Waals surface area contributed by atoms with Gasteiger partial charge in [-0.25, -0.2) is 14.8 Å². The molecule has 0 aliphatic carbocycles. The van der Waals surface area contributed by atoms with E-state index in [-0.39, 0.29) is 17.5 Å². The summed E-state index contributed by atoms with van der Waals surface area (Å²) in [4.78, 5) is 40.3. The van der Waals surface area contributed by atoms with Crippen molar-refractivity contribution < 1.29 is 27.5 Å². The van der Waals surface area contributed by atoms with Gasteiger partial charge in [0.1, 0.15) is 5.75 Å². The summed E-state index contributed by atoms with van der Waals surface area (Å²) in [5.41, 5.74) is 1.33. The van der Waals surface area contributed by atoms with Gasteiger partial charge < -0.3 is 15.4 Å². The van der Waals surface area contributed by atoms with E-state index in [9.17, 15) is 22.8 Å². The van der Waals surface area contributed by atoms with Gasteiger partial charge in [0.2, 0.25) is 11.8 Å². The SMILES string of the molecule is O=C(Nc1ccc(Oc2ccc(-c3cnc(N4CCCCC4=O)s3)cc2)nc1)Nc1cc(C(F)(F)F)ccc1-c1ccncc1. The van der Waals surface area contributed by atoms with E-state index < -0.39 is 17.8 Å². The van der Waals surface area contributed by atoms with Gasteiger partial charge in [-0.15, -0.1) is 0 Å². The number of hydrogen-bond acceptors (Lipinski definition) is 7. The zero-order valence-electron chi connectivity index (χ0n) is 23.5. The van der Waals surface area contributed by atoms with Gasteiger partial charge in [-0.1, -0.05) is 17.4 Å². The zero-order chi connectivity index (χ0) is 31.4. The Hall–Kier alpha value is -5.30. The number of ether oxygens (including phenoxy) is 1. The average molecular weight is 631 g/mol. The van der Waals surface area contributed by atoms with Gasteiger partial charge in [0.05, 0.1) is 28.0 Å². The minimum atomic E-state index is -4.58. The Bertz CT molecular complexity index is 1810. The molecule has 1 aliphatic heterocycles. The lowest BCUT2D eigenvalue weighted by Gasteiger charge is -2.23. The molecule has 1 aliphatic rings. The van der Waals surface area contributed by atoms with Crippen LogP contribution in [0.15, 0.2) is 91.5 Å². The fourth-order valence-electron chi connectivity index (χ4n) is 4.75. The molecule has 1 saturated heterocycles. The Labute approximate surface area is 259 Å². The number of halogens is 3. The fraction of sp³-hybridized carbons (Fsp3) is 0.156. The number of hydrogen-bond donors (Lipinski definition) is 2. The quantitative estimate of drug-likeness (QED) is 0.188. The van der Waals surface area contributed by atoms with Crippen molar-refractivity contribution in [2.45, 2.75) is 25.4 Å². The summed E-state index contributed by atoms with van der Waals surface area (Å²) in [6, 6.07) is 16.2. The van der Waals surface area contributed by atoms with Crippen LogP contribution in [0, 0.1) is 0 Å². The zero-order valence-corrected chi connectivity index (χ0v) is 24.4. The molecule has 228 valence electrons. The lowest BCUT2D eigenvalue weighted by molar-refractivity contribution is -0.137. The second-order valence-electron chi connectivity index (χ2n) is 10.1. The maximum absolute atomic E-state index is 13.4. The van der Waals surface area contributed by atoms with Crippen molar-refractivity contribution in [2.24, 2.45) is 0 Å². The van der Waals surface area contributed by atoms with E-state index in [1.54, 1.807) is 47.5 Å². The van der Waals surface area contributed by atoms with Crippen molar-refractivity contribution in [3.8, 4) is 33.2 Å². The van der Waals surface area contributed by atoms with Crippen molar-refractivity contribution in [3.05, 3.63) is 97.1 Å². The number of nitrogens with one attached hydrogen (secondary N) is 2. The van der Waals surface area contributed by atoms with Crippen molar-refractivity contribution in [1.29, 1.82) is 0 Å². The smallest absolute Gasteiger partial charge is 0.416 e. The van der Waals surface area contributed by atoms with Gasteiger partial charge in [0.15, 0.2) is 5.13 Å². The van der Waals surface area contributed by atoms with E-state index in [0.29, 0.717) is 40.7 Å². The van der Waals surface area contributed by atoms with Crippen molar-refractivity contribution in [3.63, 3.8) is 0 Å². The Morgan fingerprint density at radius 2 is 1.69 bits per heavy atom. The predicted molar refractivity (Wildman–Crippen MR) is 165 cm³/mol.